The van der Waals surface area contributed by atoms with Gasteiger partial charge in [0.15, 0.2) is 9.84 Å². The number of aliphatic hydroxyl groups excluding tert-OH is 1. The minimum Gasteiger partial charge on any atom is -0.497 e. The van der Waals surface area contributed by atoms with Crippen LogP contribution in [-0.4, -0.2) is 62.6 Å². The first kappa shape index (κ1) is 31.3. The molecular weight excluding hydrogens is 506 g/mol. The molecule has 2 rings (SSSR count). The number of ether oxygens (including phenoxy) is 1. The van der Waals surface area contributed by atoms with Crippen molar-refractivity contribution in [2.24, 2.45) is 17.6 Å². The zero-order valence-electron chi connectivity index (χ0n) is 22.4. The summed E-state index contributed by atoms with van der Waals surface area (Å²) in [5, 5.41) is 17.0. The fourth-order valence-electron chi connectivity index (χ4n) is 4.02. The quantitative estimate of drug-likeness (QED) is 0.236. The third-order valence-corrected chi connectivity index (χ3v) is 7.95. The molecule has 0 saturated carbocycles. The molecule has 2 amide bonds. The van der Waals surface area contributed by atoms with Crippen molar-refractivity contribution in [2.45, 2.75) is 51.8 Å². The summed E-state index contributed by atoms with van der Waals surface area (Å²) < 4.78 is 30.6. The number of sulfone groups is 1. The highest BCUT2D eigenvalue weighted by Gasteiger charge is 2.30. The highest BCUT2D eigenvalue weighted by molar-refractivity contribution is 7.91. The summed E-state index contributed by atoms with van der Waals surface area (Å²) in [7, 11) is -1.99. The second-order valence-electron chi connectivity index (χ2n) is 10.0. The van der Waals surface area contributed by atoms with E-state index in [2.05, 4.69) is 10.6 Å². The summed E-state index contributed by atoms with van der Waals surface area (Å²) in [6, 6.07) is 16.2. The molecule has 0 heterocycles. The molecule has 2 aromatic carbocycles. The van der Waals surface area contributed by atoms with Crippen LogP contribution in [0.4, 0.5) is 0 Å². The molecule has 0 fully saturated rings. The molecule has 0 bridgehead atoms. The van der Waals surface area contributed by atoms with E-state index in [1.807, 2.05) is 68.4 Å². The summed E-state index contributed by atoms with van der Waals surface area (Å²) in [5.41, 5.74) is 7.20. The van der Waals surface area contributed by atoms with Gasteiger partial charge in [0.2, 0.25) is 11.8 Å². The van der Waals surface area contributed by atoms with Crippen LogP contribution < -0.4 is 21.1 Å². The first-order chi connectivity index (χ1) is 18.0. The Kier molecular flexibility index (Phi) is 12.7. The number of carbonyl (C=O) groups excluding carboxylic acids is 2. The van der Waals surface area contributed by atoms with E-state index in [1.54, 1.807) is 7.11 Å². The van der Waals surface area contributed by atoms with Crippen molar-refractivity contribution in [3.63, 3.8) is 0 Å². The summed E-state index contributed by atoms with van der Waals surface area (Å²) in [6.45, 7) is 4.48. The fourth-order valence-corrected chi connectivity index (χ4v) is 5.90. The Morgan fingerprint density at radius 3 is 2.37 bits per heavy atom. The Balaban J connectivity index is 2.13. The largest absolute Gasteiger partial charge is 0.497 e. The summed E-state index contributed by atoms with van der Waals surface area (Å²) in [4.78, 5) is 24.9. The molecule has 2 unspecified atom stereocenters. The van der Waals surface area contributed by atoms with Gasteiger partial charge in [-0.2, -0.15) is 0 Å². The van der Waals surface area contributed by atoms with Crippen LogP contribution >= 0.6 is 0 Å². The maximum atomic E-state index is 13.2. The molecule has 3 atom stereocenters. The highest BCUT2D eigenvalue weighted by Crippen LogP contribution is 2.15. The van der Waals surface area contributed by atoms with E-state index in [0.717, 1.165) is 16.9 Å². The Labute approximate surface area is 226 Å². The van der Waals surface area contributed by atoms with E-state index in [4.69, 9.17) is 10.5 Å². The molecule has 0 aromatic heterocycles. The van der Waals surface area contributed by atoms with E-state index >= 15 is 0 Å². The second kappa shape index (κ2) is 15.5. The van der Waals surface area contributed by atoms with Crippen molar-refractivity contribution in [3.05, 3.63) is 65.7 Å². The predicted octanol–water partition coefficient (Wildman–Crippen LogP) is 1.83. The SMILES string of the molecule is COc1cccc(CNC[C@@H](O)C(Cc2ccccc2)NC(=O)C(CC(N)=O)CS(=O)(=O)CCC(C)C)c1. The third kappa shape index (κ3) is 11.6. The van der Waals surface area contributed by atoms with Gasteiger partial charge in [-0.25, -0.2) is 8.42 Å². The Morgan fingerprint density at radius 1 is 1.05 bits per heavy atom. The molecule has 0 saturated heterocycles. The number of amides is 2. The third-order valence-electron chi connectivity index (χ3n) is 6.19. The van der Waals surface area contributed by atoms with Gasteiger partial charge in [0.25, 0.3) is 0 Å². The lowest BCUT2D eigenvalue weighted by Gasteiger charge is -2.27. The average molecular weight is 548 g/mol. The van der Waals surface area contributed by atoms with E-state index in [1.165, 1.54) is 0 Å². The van der Waals surface area contributed by atoms with Crippen LogP contribution in [0.1, 0.15) is 37.8 Å². The Bertz CT molecular complexity index is 1120. The first-order valence-electron chi connectivity index (χ1n) is 12.8. The van der Waals surface area contributed by atoms with Gasteiger partial charge in [-0.1, -0.05) is 56.3 Å². The molecule has 210 valence electrons. The number of nitrogens with two attached hydrogens (primary N) is 1. The van der Waals surface area contributed by atoms with Gasteiger partial charge in [0, 0.05) is 19.5 Å². The minimum atomic E-state index is -3.59. The molecule has 38 heavy (non-hydrogen) atoms. The fraction of sp³-hybridized carbons (Fsp3) is 0.500. The van der Waals surface area contributed by atoms with E-state index in [9.17, 15) is 23.1 Å². The van der Waals surface area contributed by atoms with Crippen LogP contribution in [0.3, 0.4) is 0 Å². The molecule has 0 spiro atoms. The van der Waals surface area contributed by atoms with Crippen LogP contribution in [0.2, 0.25) is 0 Å². The lowest BCUT2D eigenvalue weighted by atomic mass is 9.99. The maximum Gasteiger partial charge on any atom is 0.224 e. The maximum absolute atomic E-state index is 13.2. The Morgan fingerprint density at radius 2 is 1.74 bits per heavy atom. The zero-order chi connectivity index (χ0) is 28.1. The molecule has 0 aliphatic heterocycles. The van der Waals surface area contributed by atoms with Gasteiger partial charge in [-0.15, -0.1) is 0 Å². The molecule has 0 aliphatic rings. The highest BCUT2D eigenvalue weighted by atomic mass is 32.2. The van der Waals surface area contributed by atoms with Gasteiger partial charge in [0.1, 0.15) is 5.75 Å². The first-order valence-corrected chi connectivity index (χ1v) is 14.7. The topological polar surface area (TPSA) is 148 Å². The van der Waals surface area contributed by atoms with Crippen molar-refractivity contribution in [1.29, 1.82) is 0 Å². The normalized spacial score (nSPS) is 14.0. The van der Waals surface area contributed by atoms with Gasteiger partial charge >= 0.3 is 0 Å². The monoisotopic (exact) mass is 547 g/mol. The molecule has 9 nitrogen and oxygen atoms in total. The van der Waals surface area contributed by atoms with E-state index < -0.39 is 51.9 Å². The Hall–Kier alpha value is -2.95. The number of carbonyl (C=O) groups is 2. The lowest BCUT2D eigenvalue weighted by Crippen LogP contribution is -2.51. The van der Waals surface area contributed by atoms with Crippen LogP contribution in [0.15, 0.2) is 54.6 Å². The summed E-state index contributed by atoms with van der Waals surface area (Å²) in [5.74, 6) is -2.16. The molecule has 5 N–H and O–H groups in total. The van der Waals surface area contributed by atoms with Crippen molar-refractivity contribution in [2.75, 3.05) is 25.2 Å². The van der Waals surface area contributed by atoms with Gasteiger partial charge in [-0.3, -0.25) is 9.59 Å². The van der Waals surface area contributed by atoms with Crippen molar-refractivity contribution < 1.29 is 27.9 Å². The predicted molar refractivity (Wildman–Crippen MR) is 148 cm³/mol. The van der Waals surface area contributed by atoms with Gasteiger partial charge in [0.05, 0.1) is 36.7 Å². The van der Waals surface area contributed by atoms with Crippen molar-refractivity contribution >= 4 is 21.7 Å². The molecule has 10 heteroatoms. The van der Waals surface area contributed by atoms with Gasteiger partial charge in [-0.05, 0) is 42.0 Å². The standard InChI is InChI=1S/C28H41N3O6S/c1-20(2)12-13-38(35,36)19-23(16-27(29)33)28(34)31-25(15-21-8-5-4-6-9-21)26(32)18-30-17-22-10-7-11-24(14-22)37-3/h4-11,14,20,23,25-26,30,32H,12-13,15-19H2,1-3H3,(H2,29,33)(H,31,34)/t23?,25?,26-/m1/s1. The average Bonchev–Trinajstić information content (AvgIpc) is 2.87. The van der Waals surface area contributed by atoms with Crippen LogP contribution in [0.5, 0.6) is 5.75 Å². The van der Waals surface area contributed by atoms with Crippen LogP contribution in [0, 0.1) is 11.8 Å². The minimum absolute atomic E-state index is 0.0720. The summed E-state index contributed by atoms with van der Waals surface area (Å²) >= 11 is 0. The van der Waals surface area contributed by atoms with E-state index in [-0.39, 0.29) is 18.2 Å². The molecule has 0 radical (unpaired) electrons. The number of primary amides is 1. The van der Waals surface area contributed by atoms with Crippen LogP contribution in [-0.2, 0) is 32.4 Å². The number of methoxy groups -OCH3 is 1. The number of hydrogen-bond acceptors (Lipinski definition) is 7. The lowest BCUT2D eigenvalue weighted by molar-refractivity contribution is -0.129. The number of hydrogen-bond donors (Lipinski definition) is 4. The number of nitrogens with one attached hydrogen (secondary N) is 2. The van der Waals surface area contributed by atoms with Crippen LogP contribution in [0.25, 0.3) is 0 Å². The van der Waals surface area contributed by atoms with Crippen molar-refractivity contribution in [1.82, 2.24) is 10.6 Å². The van der Waals surface area contributed by atoms with E-state index in [0.29, 0.717) is 19.4 Å². The summed E-state index contributed by atoms with van der Waals surface area (Å²) in [6.07, 6.45) is -0.606. The zero-order valence-corrected chi connectivity index (χ0v) is 23.2. The molecule has 2 aromatic rings. The van der Waals surface area contributed by atoms with Gasteiger partial charge < -0.3 is 26.2 Å². The molecule has 0 aliphatic carbocycles. The number of rotatable bonds is 17. The molecular formula is C28H41N3O6S. The van der Waals surface area contributed by atoms with Crippen molar-refractivity contribution in [3.8, 4) is 5.75 Å². The number of benzene rings is 2. The second-order valence-corrected chi connectivity index (χ2v) is 12.2. The smallest absolute Gasteiger partial charge is 0.224 e. The number of aliphatic hydroxyl groups is 1.